The molecule has 142 valence electrons. The van der Waals surface area contributed by atoms with Crippen LogP contribution in [0.3, 0.4) is 0 Å². The summed E-state index contributed by atoms with van der Waals surface area (Å²) in [6.07, 6.45) is 5.04. The number of hydrogen-bond acceptors (Lipinski definition) is 3. The average Bonchev–Trinajstić information content (AvgIpc) is 3.46. The van der Waals surface area contributed by atoms with Crippen LogP contribution in [0.4, 0.5) is 0 Å². The largest absolute Gasteiger partial charge is 0.337 e. The van der Waals surface area contributed by atoms with Crippen LogP contribution in [0.2, 0.25) is 0 Å². The van der Waals surface area contributed by atoms with Gasteiger partial charge in [0.05, 0.1) is 12.0 Å². The normalized spacial score (nSPS) is 21.8. The highest BCUT2D eigenvalue weighted by molar-refractivity contribution is 5.95. The minimum atomic E-state index is 0.143. The van der Waals surface area contributed by atoms with Gasteiger partial charge in [0.15, 0.2) is 0 Å². The Hall–Kier alpha value is -2.92. The van der Waals surface area contributed by atoms with E-state index in [4.69, 9.17) is 0 Å². The fraction of sp³-hybridized carbons (Fsp3) is 0.304. The lowest BCUT2D eigenvalue weighted by molar-refractivity contribution is 0.0774. The Labute approximate surface area is 165 Å². The first-order chi connectivity index (χ1) is 13.7. The van der Waals surface area contributed by atoms with E-state index >= 15 is 0 Å². The number of aromatic nitrogens is 2. The Balaban J connectivity index is 1.31. The number of nitrogens with zero attached hydrogens (tertiary/aromatic N) is 4. The van der Waals surface area contributed by atoms with Crippen LogP contribution in [0.25, 0.3) is 16.9 Å². The van der Waals surface area contributed by atoms with Crippen LogP contribution in [0.1, 0.15) is 16.8 Å². The van der Waals surface area contributed by atoms with Crippen molar-refractivity contribution in [3.8, 4) is 16.9 Å². The molecule has 1 aromatic heterocycles. The third-order valence-corrected chi connectivity index (χ3v) is 6.18. The molecule has 0 radical (unpaired) electrons. The molecule has 5 heteroatoms. The van der Waals surface area contributed by atoms with Gasteiger partial charge in [-0.15, -0.1) is 0 Å². The van der Waals surface area contributed by atoms with Crippen molar-refractivity contribution in [1.82, 2.24) is 19.4 Å². The smallest absolute Gasteiger partial charge is 0.253 e. The van der Waals surface area contributed by atoms with E-state index in [9.17, 15) is 4.79 Å². The van der Waals surface area contributed by atoms with Gasteiger partial charge in [0.25, 0.3) is 5.91 Å². The first-order valence-electron chi connectivity index (χ1n) is 9.88. The molecule has 0 aliphatic carbocycles. The lowest BCUT2D eigenvalue weighted by Crippen LogP contribution is -2.35. The first kappa shape index (κ1) is 17.2. The van der Waals surface area contributed by atoms with E-state index in [2.05, 4.69) is 29.1 Å². The Morgan fingerprint density at radius 3 is 2.57 bits per heavy atom. The third-order valence-electron chi connectivity index (χ3n) is 6.18. The first-order valence-corrected chi connectivity index (χ1v) is 9.88. The number of likely N-dealkylation sites (tertiary alicyclic amines) is 2. The second kappa shape index (κ2) is 6.91. The number of amides is 1. The molecule has 2 aliphatic heterocycles. The van der Waals surface area contributed by atoms with Gasteiger partial charge in [-0.25, -0.2) is 4.98 Å². The van der Waals surface area contributed by atoms with Gasteiger partial charge < -0.3 is 14.4 Å². The summed E-state index contributed by atoms with van der Waals surface area (Å²) in [5.41, 5.74) is 3.76. The van der Waals surface area contributed by atoms with Crippen LogP contribution in [0.5, 0.6) is 0 Å². The maximum absolute atomic E-state index is 12.9. The van der Waals surface area contributed by atoms with Gasteiger partial charge in [0.1, 0.15) is 0 Å². The minimum Gasteiger partial charge on any atom is -0.337 e. The molecule has 2 fully saturated rings. The van der Waals surface area contributed by atoms with Crippen LogP contribution < -0.4 is 0 Å². The summed E-state index contributed by atoms with van der Waals surface area (Å²) >= 11 is 0. The molecule has 0 N–H and O–H groups in total. The number of carbonyl (C=O) groups excluding carboxylic acids is 1. The highest BCUT2D eigenvalue weighted by atomic mass is 16.2. The number of fused-ring (bicyclic) bond motifs is 1. The summed E-state index contributed by atoms with van der Waals surface area (Å²) in [6.45, 7) is 2.89. The van der Waals surface area contributed by atoms with Crippen molar-refractivity contribution < 1.29 is 4.79 Å². The van der Waals surface area contributed by atoms with Crippen molar-refractivity contribution in [2.75, 3.05) is 26.7 Å². The number of likely N-dealkylation sites (N-methyl/N-ethyl adjacent to an activating group) is 1. The molecule has 0 bridgehead atoms. The molecule has 3 heterocycles. The molecule has 5 nitrogen and oxygen atoms in total. The number of carbonyl (C=O) groups is 1. The minimum absolute atomic E-state index is 0.143. The van der Waals surface area contributed by atoms with Crippen molar-refractivity contribution in [1.29, 1.82) is 0 Å². The maximum atomic E-state index is 12.9. The van der Waals surface area contributed by atoms with Crippen LogP contribution in [0.15, 0.2) is 67.1 Å². The zero-order valence-electron chi connectivity index (χ0n) is 16.0. The molecule has 2 aliphatic rings. The van der Waals surface area contributed by atoms with E-state index in [-0.39, 0.29) is 5.91 Å². The van der Waals surface area contributed by atoms with E-state index < -0.39 is 0 Å². The number of benzene rings is 2. The predicted octanol–water partition coefficient (Wildman–Crippen LogP) is 3.32. The molecule has 0 saturated carbocycles. The highest BCUT2D eigenvalue weighted by Gasteiger charge is 2.41. The Morgan fingerprint density at radius 1 is 1.04 bits per heavy atom. The molecular formula is C23H24N4O. The Morgan fingerprint density at radius 2 is 1.82 bits per heavy atom. The molecular weight excluding hydrogens is 348 g/mol. The monoisotopic (exact) mass is 372 g/mol. The van der Waals surface area contributed by atoms with Crippen LogP contribution in [-0.4, -0.2) is 58.0 Å². The van der Waals surface area contributed by atoms with E-state index in [1.54, 1.807) is 0 Å². The van der Waals surface area contributed by atoms with Crippen molar-refractivity contribution >= 4 is 5.91 Å². The van der Waals surface area contributed by atoms with Gasteiger partial charge in [0.2, 0.25) is 0 Å². The number of imidazole rings is 1. The van der Waals surface area contributed by atoms with Crippen molar-refractivity contribution in [2.24, 2.45) is 5.92 Å². The zero-order valence-corrected chi connectivity index (χ0v) is 16.0. The fourth-order valence-electron chi connectivity index (χ4n) is 4.52. The van der Waals surface area contributed by atoms with Crippen molar-refractivity contribution in [2.45, 2.75) is 12.5 Å². The van der Waals surface area contributed by atoms with Crippen molar-refractivity contribution in [3.63, 3.8) is 0 Å². The van der Waals surface area contributed by atoms with Crippen LogP contribution in [0, 0.1) is 5.92 Å². The molecule has 3 aromatic rings. The van der Waals surface area contributed by atoms with E-state index in [1.807, 2.05) is 64.5 Å². The summed E-state index contributed by atoms with van der Waals surface area (Å²) in [4.78, 5) is 21.8. The summed E-state index contributed by atoms with van der Waals surface area (Å²) in [5.74, 6) is 0.777. The van der Waals surface area contributed by atoms with Gasteiger partial charge in [-0.2, -0.15) is 0 Å². The third kappa shape index (κ3) is 3.02. The van der Waals surface area contributed by atoms with Gasteiger partial charge >= 0.3 is 0 Å². The van der Waals surface area contributed by atoms with Gasteiger partial charge in [-0.3, -0.25) is 4.79 Å². The Bertz CT molecular complexity index is 979. The number of rotatable bonds is 3. The van der Waals surface area contributed by atoms with Crippen LogP contribution >= 0.6 is 0 Å². The van der Waals surface area contributed by atoms with Gasteiger partial charge in [-0.05, 0) is 50.2 Å². The highest BCUT2D eigenvalue weighted by Crippen LogP contribution is 2.31. The predicted molar refractivity (Wildman–Crippen MR) is 109 cm³/mol. The molecule has 5 rings (SSSR count). The van der Waals surface area contributed by atoms with Crippen molar-refractivity contribution in [3.05, 3.63) is 72.7 Å². The number of hydrogen-bond donors (Lipinski definition) is 0. The molecule has 0 spiro atoms. The van der Waals surface area contributed by atoms with E-state index in [0.29, 0.717) is 12.0 Å². The molecule has 0 unspecified atom stereocenters. The Kier molecular flexibility index (Phi) is 4.24. The summed E-state index contributed by atoms with van der Waals surface area (Å²) in [6, 6.07) is 18.5. The summed E-state index contributed by atoms with van der Waals surface area (Å²) in [7, 11) is 2.17. The van der Waals surface area contributed by atoms with Crippen LogP contribution in [-0.2, 0) is 0 Å². The fourth-order valence-corrected chi connectivity index (χ4v) is 4.52. The second-order valence-corrected chi connectivity index (χ2v) is 7.89. The van der Waals surface area contributed by atoms with Gasteiger partial charge in [0, 0.05) is 42.1 Å². The quantitative estimate of drug-likeness (QED) is 0.708. The topological polar surface area (TPSA) is 41.4 Å². The molecule has 2 aromatic carbocycles. The molecule has 2 atom stereocenters. The average molecular weight is 372 g/mol. The van der Waals surface area contributed by atoms with Gasteiger partial charge in [-0.1, -0.05) is 30.3 Å². The molecule has 2 saturated heterocycles. The number of para-hydroxylation sites is 1. The molecule has 28 heavy (non-hydrogen) atoms. The second-order valence-electron chi connectivity index (χ2n) is 7.89. The maximum Gasteiger partial charge on any atom is 0.253 e. The van der Waals surface area contributed by atoms with E-state index in [0.717, 1.165) is 42.1 Å². The van der Waals surface area contributed by atoms with E-state index in [1.165, 1.54) is 6.42 Å². The summed E-state index contributed by atoms with van der Waals surface area (Å²) < 4.78 is 2.01. The lowest BCUT2D eigenvalue weighted by Gasteiger charge is -2.20. The summed E-state index contributed by atoms with van der Waals surface area (Å²) in [5, 5.41) is 0. The molecule has 1 amide bonds. The standard InChI is InChI=1S/C23H24N4O/c1-25-12-11-19-13-26(15-22(19)25)23(28)18-9-7-17(8-10-18)21-14-27(16-24-21)20-5-3-2-4-6-20/h2-10,14,16,19,22H,11-13,15H2,1H3/t19-,22+/m1/s1. The zero-order chi connectivity index (χ0) is 19.1. The lowest BCUT2D eigenvalue weighted by atomic mass is 10.1. The SMILES string of the molecule is CN1CC[C@@H]2CN(C(=O)c3ccc(-c4cn(-c5ccccc5)cn4)cc3)C[C@@H]21.